The zero-order valence-electron chi connectivity index (χ0n) is 9.48. The van der Waals surface area contributed by atoms with Crippen molar-refractivity contribution in [1.82, 2.24) is 0 Å². The zero-order valence-corrected chi connectivity index (χ0v) is 9.48. The van der Waals surface area contributed by atoms with Gasteiger partial charge in [-0.2, -0.15) is 0 Å². The van der Waals surface area contributed by atoms with Crippen molar-refractivity contribution in [3.63, 3.8) is 0 Å². The monoisotopic (exact) mass is 218 g/mol. The molecule has 0 rings (SSSR count). The van der Waals surface area contributed by atoms with Crippen LogP contribution in [0.3, 0.4) is 0 Å². The van der Waals surface area contributed by atoms with Gasteiger partial charge in [0, 0.05) is 13.2 Å². The fraction of sp³-hybridized carbons (Fsp3) is 0.818. The van der Waals surface area contributed by atoms with E-state index in [1.54, 1.807) is 0 Å². The Morgan fingerprint density at radius 3 is 2.33 bits per heavy atom. The summed E-state index contributed by atoms with van der Waals surface area (Å²) < 4.78 is 15.4. The molecule has 0 aliphatic rings. The normalized spacial score (nSPS) is 12.4. The van der Waals surface area contributed by atoms with Crippen molar-refractivity contribution in [3.8, 4) is 0 Å². The first-order valence-electron chi connectivity index (χ1n) is 5.30. The fourth-order valence-corrected chi connectivity index (χ4v) is 0.888. The summed E-state index contributed by atoms with van der Waals surface area (Å²) in [5.41, 5.74) is 0. The van der Waals surface area contributed by atoms with Gasteiger partial charge in [-0.05, 0) is 12.3 Å². The van der Waals surface area contributed by atoms with Crippen molar-refractivity contribution in [2.75, 3.05) is 39.6 Å². The molecule has 0 radical (unpaired) electrons. The van der Waals surface area contributed by atoms with Crippen molar-refractivity contribution in [1.29, 1.82) is 0 Å². The highest BCUT2D eigenvalue weighted by Gasteiger charge is 1.98. The Bertz CT molecular complexity index is 139. The van der Waals surface area contributed by atoms with Crippen LogP contribution in [0.2, 0.25) is 0 Å². The average Bonchev–Trinajstić information content (AvgIpc) is 2.26. The number of hydrogen-bond donors (Lipinski definition) is 1. The molecule has 0 aromatic heterocycles. The van der Waals surface area contributed by atoms with Gasteiger partial charge in [-0.25, -0.2) is 0 Å². The summed E-state index contributed by atoms with van der Waals surface area (Å²) in [6.07, 6.45) is 2.28. The van der Waals surface area contributed by atoms with Crippen LogP contribution in [-0.4, -0.2) is 44.7 Å². The molecule has 0 amide bonds. The van der Waals surface area contributed by atoms with Crippen LogP contribution in [0.5, 0.6) is 0 Å². The van der Waals surface area contributed by atoms with Crippen LogP contribution in [0, 0.1) is 5.92 Å². The molecule has 1 N–H and O–H groups in total. The van der Waals surface area contributed by atoms with Crippen molar-refractivity contribution >= 4 is 0 Å². The lowest BCUT2D eigenvalue weighted by molar-refractivity contribution is 0.0259. The molecule has 0 aliphatic carbocycles. The lowest BCUT2D eigenvalue weighted by Crippen LogP contribution is -2.11. The molecule has 90 valence electrons. The van der Waals surface area contributed by atoms with Gasteiger partial charge in [-0.15, -0.1) is 0 Å². The van der Waals surface area contributed by atoms with E-state index in [2.05, 4.69) is 6.58 Å². The van der Waals surface area contributed by atoms with E-state index in [1.807, 2.05) is 6.92 Å². The highest BCUT2D eigenvalue weighted by atomic mass is 16.5. The average molecular weight is 218 g/mol. The first-order chi connectivity index (χ1) is 7.31. The molecule has 15 heavy (non-hydrogen) atoms. The second kappa shape index (κ2) is 11.5. The van der Waals surface area contributed by atoms with Crippen LogP contribution in [0.15, 0.2) is 12.8 Å². The Labute approximate surface area is 91.8 Å². The van der Waals surface area contributed by atoms with Crippen LogP contribution in [0.25, 0.3) is 0 Å². The largest absolute Gasteiger partial charge is 0.499 e. The third-order valence-corrected chi connectivity index (χ3v) is 1.90. The van der Waals surface area contributed by atoms with Crippen molar-refractivity contribution in [2.24, 2.45) is 5.92 Å². The van der Waals surface area contributed by atoms with Gasteiger partial charge in [0.1, 0.15) is 6.61 Å². The molecule has 0 aromatic rings. The highest BCUT2D eigenvalue weighted by Crippen LogP contribution is 1.99. The lowest BCUT2D eigenvalue weighted by Gasteiger charge is -2.08. The maximum absolute atomic E-state index is 8.76. The van der Waals surface area contributed by atoms with Gasteiger partial charge in [0.25, 0.3) is 0 Å². The summed E-state index contributed by atoms with van der Waals surface area (Å²) in [7, 11) is 0. The van der Waals surface area contributed by atoms with Crippen LogP contribution < -0.4 is 0 Å². The van der Waals surface area contributed by atoms with Crippen molar-refractivity contribution in [3.05, 3.63) is 12.8 Å². The minimum atomic E-state index is 0.221. The maximum Gasteiger partial charge on any atom is 0.111 e. The molecule has 4 nitrogen and oxygen atoms in total. The second-order valence-electron chi connectivity index (χ2n) is 3.34. The number of rotatable bonds is 11. The maximum atomic E-state index is 8.76. The molecule has 0 saturated carbocycles. The van der Waals surface area contributed by atoms with E-state index in [0.29, 0.717) is 39.0 Å². The summed E-state index contributed by atoms with van der Waals surface area (Å²) in [5, 5.41) is 8.76. The Morgan fingerprint density at radius 1 is 1.13 bits per heavy atom. The van der Waals surface area contributed by atoms with E-state index < -0.39 is 0 Å². The molecule has 4 heteroatoms. The van der Waals surface area contributed by atoms with E-state index in [1.165, 1.54) is 6.26 Å². The lowest BCUT2D eigenvalue weighted by atomic mass is 10.1. The Morgan fingerprint density at radius 2 is 1.73 bits per heavy atom. The molecule has 0 aliphatic heterocycles. The number of aliphatic hydroxyl groups is 1. The molecular weight excluding hydrogens is 196 g/mol. The molecule has 1 unspecified atom stereocenters. The molecule has 0 aromatic carbocycles. The Hall–Kier alpha value is -0.580. The van der Waals surface area contributed by atoms with Crippen molar-refractivity contribution in [2.45, 2.75) is 13.3 Å². The van der Waals surface area contributed by atoms with Gasteiger partial charge in [0.15, 0.2) is 0 Å². The third kappa shape index (κ3) is 11.3. The molecular formula is C11H22O4. The van der Waals surface area contributed by atoms with Crippen LogP contribution in [-0.2, 0) is 14.2 Å². The Balaban J connectivity index is 2.95. The first-order valence-corrected chi connectivity index (χ1v) is 5.30. The zero-order chi connectivity index (χ0) is 11.4. The van der Waals surface area contributed by atoms with Gasteiger partial charge < -0.3 is 19.3 Å². The van der Waals surface area contributed by atoms with Gasteiger partial charge >= 0.3 is 0 Å². The standard InChI is InChI=1S/C11H22O4/c1-3-13-6-7-15-9-8-14-5-4-11(2)10-12/h3,11-12H,1,4-10H2,2H3. The highest BCUT2D eigenvalue weighted by molar-refractivity contribution is 4.49. The number of ether oxygens (including phenoxy) is 3. The third-order valence-electron chi connectivity index (χ3n) is 1.90. The summed E-state index contributed by atoms with van der Waals surface area (Å²) in [4.78, 5) is 0. The topological polar surface area (TPSA) is 47.9 Å². The number of aliphatic hydroxyl groups excluding tert-OH is 1. The smallest absolute Gasteiger partial charge is 0.111 e. The minimum Gasteiger partial charge on any atom is -0.499 e. The minimum absolute atomic E-state index is 0.221. The van der Waals surface area contributed by atoms with Crippen molar-refractivity contribution < 1.29 is 19.3 Å². The van der Waals surface area contributed by atoms with E-state index in [4.69, 9.17) is 19.3 Å². The SMILES string of the molecule is C=COCCOCCOCCC(C)CO. The predicted molar refractivity (Wildman–Crippen MR) is 58.7 cm³/mol. The number of hydrogen-bond acceptors (Lipinski definition) is 4. The summed E-state index contributed by atoms with van der Waals surface area (Å²) in [5.74, 6) is 0.312. The van der Waals surface area contributed by atoms with E-state index >= 15 is 0 Å². The van der Waals surface area contributed by atoms with Gasteiger partial charge in [0.05, 0.1) is 26.1 Å². The van der Waals surface area contributed by atoms with E-state index in [9.17, 15) is 0 Å². The van der Waals surface area contributed by atoms with Crippen LogP contribution >= 0.6 is 0 Å². The van der Waals surface area contributed by atoms with Gasteiger partial charge in [-0.1, -0.05) is 13.5 Å². The van der Waals surface area contributed by atoms with E-state index in [-0.39, 0.29) is 6.61 Å². The molecule has 0 heterocycles. The molecule has 0 bridgehead atoms. The molecule has 0 fully saturated rings. The summed E-state index contributed by atoms with van der Waals surface area (Å²) >= 11 is 0. The second-order valence-corrected chi connectivity index (χ2v) is 3.34. The van der Waals surface area contributed by atoms with Gasteiger partial charge in [0.2, 0.25) is 0 Å². The summed E-state index contributed by atoms with van der Waals surface area (Å²) in [6, 6.07) is 0. The molecule has 0 spiro atoms. The fourth-order valence-electron chi connectivity index (χ4n) is 0.888. The van der Waals surface area contributed by atoms with Crippen LogP contribution in [0.1, 0.15) is 13.3 Å². The van der Waals surface area contributed by atoms with Gasteiger partial charge in [-0.3, -0.25) is 0 Å². The Kier molecular flexibility index (Phi) is 11.1. The predicted octanol–water partition coefficient (Wildman–Crippen LogP) is 1.20. The van der Waals surface area contributed by atoms with E-state index in [0.717, 1.165) is 6.42 Å². The quantitative estimate of drug-likeness (QED) is 0.418. The first kappa shape index (κ1) is 14.4. The molecule has 1 atom stereocenters. The molecule has 0 saturated heterocycles. The summed E-state index contributed by atoms with van der Waals surface area (Å²) in [6.45, 7) is 8.57. The van der Waals surface area contributed by atoms with Crippen LogP contribution in [0.4, 0.5) is 0 Å².